The van der Waals surface area contributed by atoms with Crippen LogP contribution in [0.15, 0.2) is 27.4 Å². The first-order chi connectivity index (χ1) is 15.9. The van der Waals surface area contributed by atoms with Gasteiger partial charge in [0.1, 0.15) is 11.3 Å². The van der Waals surface area contributed by atoms with Crippen LogP contribution >= 0.6 is 0 Å². The van der Waals surface area contributed by atoms with Crippen LogP contribution in [0.3, 0.4) is 0 Å². The second kappa shape index (κ2) is 10.3. The van der Waals surface area contributed by atoms with E-state index >= 15 is 0 Å². The van der Waals surface area contributed by atoms with Gasteiger partial charge >= 0.3 is 5.63 Å². The normalized spacial score (nSPS) is 22.9. The Hall–Kier alpha value is -2.34. The van der Waals surface area contributed by atoms with Gasteiger partial charge < -0.3 is 19.2 Å². The number of fused-ring (bicyclic) bond motifs is 2. The second-order valence-corrected chi connectivity index (χ2v) is 9.89. The van der Waals surface area contributed by atoms with E-state index in [0.29, 0.717) is 30.8 Å². The number of nitrogens with zero attached hydrogens (tertiary/aromatic N) is 1. The number of benzene rings is 1. The van der Waals surface area contributed by atoms with Gasteiger partial charge in [-0.05, 0) is 56.7 Å². The summed E-state index contributed by atoms with van der Waals surface area (Å²) in [6.45, 7) is 5.26. The Morgan fingerprint density at radius 1 is 1.24 bits per heavy atom. The van der Waals surface area contributed by atoms with Crippen LogP contribution in [0.5, 0.6) is 5.75 Å². The van der Waals surface area contributed by atoms with Crippen LogP contribution < -0.4 is 10.4 Å². The fraction of sp³-hybridized carbons (Fsp3) is 0.630. The highest BCUT2D eigenvalue weighted by atomic mass is 16.5. The number of piperidine rings is 1. The molecule has 1 aliphatic heterocycles. The molecule has 6 heteroatoms. The summed E-state index contributed by atoms with van der Waals surface area (Å²) >= 11 is 0. The molecule has 1 aromatic carbocycles. The molecule has 1 amide bonds. The Morgan fingerprint density at radius 2 is 2.09 bits per heavy atom. The predicted molar refractivity (Wildman–Crippen MR) is 129 cm³/mol. The van der Waals surface area contributed by atoms with Crippen molar-refractivity contribution in [2.45, 2.75) is 83.7 Å². The maximum absolute atomic E-state index is 12.8. The van der Waals surface area contributed by atoms with E-state index in [1.807, 2.05) is 24.0 Å². The topological polar surface area (TPSA) is 80.0 Å². The number of amides is 1. The van der Waals surface area contributed by atoms with E-state index in [9.17, 15) is 14.7 Å². The summed E-state index contributed by atoms with van der Waals surface area (Å²) in [6.07, 6.45) is 9.84. The molecular weight excluding hydrogens is 418 g/mol. The molecular formula is C27H37NO5. The number of likely N-dealkylation sites (tertiary alicyclic amines) is 1. The molecule has 2 aliphatic rings. The van der Waals surface area contributed by atoms with Gasteiger partial charge in [-0.3, -0.25) is 4.79 Å². The number of aryl methyl sites for hydroxylation is 1. The average molecular weight is 456 g/mol. The molecule has 2 fully saturated rings. The van der Waals surface area contributed by atoms with Gasteiger partial charge in [0.05, 0.1) is 5.60 Å². The molecule has 1 N–H and O–H groups in total. The monoisotopic (exact) mass is 455 g/mol. The van der Waals surface area contributed by atoms with Crippen molar-refractivity contribution in [3.05, 3.63) is 39.7 Å². The van der Waals surface area contributed by atoms with Crippen molar-refractivity contribution in [2.24, 2.45) is 5.92 Å². The molecule has 2 heterocycles. The molecule has 2 atom stereocenters. The molecule has 0 bridgehead atoms. The molecule has 1 saturated carbocycles. The third-order valence-electron chi connectivity index (χ3n) is 7.68. The Labute approximate surface area is 195 Å². The maximum Gasteiger partial charge on any atom is 0.339 e. The lowest BCUT2D eigenvalue weighted by Crippen LogP contribution is -2.55. The van der Waals surface area contributed by atoms with Crippen molar-refractivity contribution in [3.63, 3.8) is 0 Å². The van der Waals surface area contributed by atoms with Gasteiger partial charge in [-0.15, -0.1) is 0 Å². The van der Waals surface area contributed by atoms with Crippen molar-refractivity contribution in [3.8, 4) is 5.75 Å². The second-order valence-electron chi connectivity index (χ2n) is 9.89. The third-order valence-corrected chi connectivity index (χ3v) is 7.68. The molecule has 6 nitrogen and oxygen atoms in total. The van der Waals surface area contributed by atoms with Gasteiger partial charge in [0.25, 0.3) is 5.91 Å². The van der Waals surface area contributed by atoms with E-state index in [1.54, 1.807) is 6.07 Å². The minimum absolute atomic E-state index is 0.0601. The molecule has 2 aromatic rings. The van der Waals surface area contributed by atoms with Crippen molar-refractivity contribution in [1.82, 2.24) is 4.90 Å². The van der Waals surface area contributed by atoms with Crippen LogP contribution in [-0.4, -0.2) is 41.2 Å². The highest BCUT2D eigenvalue weighted by Gasteiger charge is 2.43. The summed E-state index contributed by atoms with van der Waals surface area (Å²) in [5.41, 5.74) is 1.34. The Balaban J connectivity index is 1.39. The molecule has 1 saturated heterocycles. The van der Waals surface area contributed by atoms with Gasteiger partial charge in [-0.2, -0.15) is 0 Å². The summed E-state index contributed by atoms with van der Waals surface area (Å²) in [5.74, 6) is 0.612. The quantitative estimate of drug-likeness (QED) is 0.459. The lowest BCUT2D eigenvalue weighted by molar-refractivity contribution is -0.145. The van der Waals surface area contributed by atoms with Crippen molar-refractivity contribution < 1.29 is 19.1 Å². The minimum Gasteiger partial charge on any atom is -0.484 e. The first-order valence-electron chi connectivity index (χ1n) is 12.6. The van der Waals surface area contributed by atoms with E-state index in [2.05, 4.69) is 6.92 Å². The predicted octanol–water partition coefficient (Wildman–Crippen LogP) is 4.76. The van der Waals surface area contributed by atoms with Gasteiger partial charge in [-0.1, -0.05) is 39.0 Å². The number of hydrogen-bond acceptors (Lipinski definition) is 5. The number of carbonyl (C=O) groups is 1. The summed E-state index contributed by atoms with van der Waals surface area (Å²) in [6, 6.07) is 5.44. The van der Waals surface area contributed by atoms with E-state index in [1.165, 1.54) is 6.42 Å². The first-order valence-corrected chi connectivity index (χ1v) is 12.6. The number of carbonyl (C=O) groups excluding carboxylic acids is 1. The van der Waals surface area contributed by atoms with E-state index < -0.39 is 5.60 Å². The SMILES string of the molecule is CCCCCCc1c(C)c2ccc(OCC(=O)N3CC[C@]4(O)CCCC[C@@H]4C3)cc2oc1=O. The fourth-order valence-corrected chi connectivity index (χ4v) is 5.52. The zero-order valence-electron chi connectivity index (χ0n) is 20.0. The Bertz CT molecular complexity index is 1040. The van der Waals surface area contributed by atoms with E-state index in [-0.39, 0.29) is 24.1 Å². The fourth-order valence-electron chi connectivity index (χ4n) is 5.52. The standard InChI is InChI=1S/C27H37NO5/c1-3-4-5-6-10-23-19(2)22-12-11-21(16-24(22)33-26(23)30)32-18-25(29)28-15-14-27(31)13-8-7-9-20(27)17-28/h11-12,16,20,31H,3-10,13-15,17-18H2,1-2H3/t20-,27-/m1/s1. The molecule has 180 valence electrons. The third kappa shape index (κ3) is 5.26. The molecule has 0 unspecified atom stereocenters. The van der Waals surface area contributed by atoms with Crippen LogP contribution in [-0.2, 0) is 11.2 Å². The minimum atomic E-state index is -0.599. The van der Waals surface area contributed by atoms with Crippen molar-refractivity contribution >= 4 is 16.9 Å². The highest BCUT2D eigenvalue weighted by Crippen LogP contribution is 2.39. The van der Waals surface area contributed by atoms with Crippen LogP contribution in [0.2, 0.25) is 0 Å². The Morgan fingerprint density at radius 3 is 2.91 bits per heavy atom. The summed E-state index contributed by atoms with van der Waals surface area (Å²) in [7, 11) is 0. The summed E-state index contributed by atoms with van der Waals surface area (Å²) in [4.78, 5) is 27.1. The largest absolute Gasteiger partial charge is 0.484 e. The number of aliphatic hydroxyl groups is 1. The smallest absolute Gasteiger partial charge is 0.339 e. The van der Waals surface area contributed by atoms with Crippen LogP contribution in [0, 0.1) is 12.8 Å². The molecule has 1 aromatic heterocycles. The van der Waals surface area contributed by atoms with E-state index in [4.69, 9.17) is 9.15 Å². The molecule has 33 heavy (non-hydrogen) atoms. The number of ether oxygens (including phenoxy) is 1. The number of hydrogen-bond donors (Lipinski definition) is 1. The summed E-state index contributed by atoms with van der Waals surface area (Å²) < 4.78 is 11.4. The van der Waals surface area contributed by atoms with Gasteiger partial charge in [0.15, 0.2) is 6.61 Å². The molecule has 4 rings (SSSR count). The number of unbranched alkanes of at least 4 members (excludes halogenated alkanes) is 3. The zero-order chi connectivity index (χ0) is 23.4. The lowest BCUT2D eigenvalue weighted by Gasteiger charge is -2.47. The number of rotatable bonds is 8. The molecule has 1 aliphatic carbocycles. The Kier molecular flexibility index (Phi) is 7.42. The van der Waals surface area contributed by atoms with Crippen LogP contribution in [0.4, 0.5) is 0 Å². The first kappa shape index (κ1) is 23.8. The average Bonchev–Trinajstić information content (AvgIpc) is 2.81. The van der Waals surface area contributed by atoms with Gasteiger partial charge in [-0.25, -0.2) is 4.79 Å². The van der Waals surface area contributed by atoms with E-state index in [0.717, 1.165) is 67.9 Å². The zero-order valence-corrected chi connectivity index (χ0v) is 20.0. The summed E-state index contributed by atoms with van der Waals surface area (Å²) in [5, 5.41) is 11.7. The highest BCUT2D eigenvalue weighted by molar-refractivity contribution is 5.82. The van der Waals surface area contributed by atoms with Gasteiger partial charge in [0.2, 0.25) is 0 Å². The van der Waals surface area contributed by atoms with Gasteiger partial charge in [0, 0.05) is 36.0 Å². The van der Waals surface area contributed by atoms with Crippen LogP contribution in [0.25, 0.3) is 11.0 Å². The van der Waals surface area contributed by atoms with Crippen LogP contribution in [0.1, 0.15) is 75.8 Å². The van der Waals surface area contributed by atoms with Crippen molar-refractivity contribution in [1.29, 1.82) is 0 Å². The molecule has 0 radical (unpaired) electrons. The lowest BCUT2D eigenvalue weighted by atomic mass is 9.71. The molecule has 0 spiro atoms. The maximum atomic E-state index is 12.8. The van der Waals surface area contributed by atoms with Crippen molar-refractivity contribution in [2.75, 3.05) is 19.7 Å².